The molecule has 5 nitrogen and oxygen atoms in total. The van der Waals surface area contributed by atoms with Gasteiger partial charge < -0.3 is 5.32 Å². The van der Waals surface area contributed by atoms with Gasteiger partial charge in [-0.25, -0.2) is 4.98 Å². The van der Waals surface area contributed by atoms with Crippen molar-refractivity contribution in [2.45, 2.75) is 26.8 Å². The summed E-state index contributed by atoms with van der Waals surface area (Å²) in [6, 6.07) is -0.374. The molecule has 2 aromatic heterocycles. The predicted molar refractivity (Wildman–Crippen MR) is 74.9 cm³/mol. The predicted octanol–water partition coefficient (Wildman–Crippen LogP) is 2.92. The van der Waals surface area contributed by atoms with Crippen molar-refractivity contribution in [1.82, 2.24) is 14.8 Å². The summed E-state index contributed by atoms with van der Waals surface area (Å²) in [5, 5.41) is 7.53. The van der Waals surface area contributed by atoms with E-state index in [2.05, 4.69) is 31.3 Å². The molecule has 96 valence electrons. The first-order valence-electron chi connectivity index (χ1n) is 5.42. The van der Waals surface area contributed by atoms with Crippen molar-refractivity contribution in [2.24, 2.45) is 0 Å². The Hall–Kier alpha value is -1.21. The molecular weight excluding hydrogens is 316 g/mol. The van der Waals surface area contributed by atoms with Crippen LogP contribution in [0.3, 0.4) is 0 Å². The summed E-state index contributed by atoms with van der Waals surface area (Å²) in [5.41, 5.74) is 0.949. The van der Waals surface area contributed by atoms with Crippen LogP contribution in [0.4, 0.5) is 5.13 Å². The Morgan fingerprint density at radius 1 is 1.56 bits per heavy atom. The molecule has 0 aliphatic rings. The van der Waals surface area contributed by atoms with Crippen molar-refractivity contribution in [3.8, 4) is 0 Å². The summed E-state index contributed by atoms with van der Waals surface area (Å²) in [7, 11) is 0. The molecule has 0 saturated carbocycles. The number of nitrogens with zero attached hydrogens (tertiary/aromatic N) is 3. The van der Waals surface area contributed by atoms with Crippen LogP contribution in [0.5, 0.6) is 0 Å². The zero-order valence-corrected chi connectivity index (χ0v) is 12.7. The molecule has 0 radical (unpaired) electrons. The molecule has 0 spiro atoms. The average Bonchev–Trinajstić information content (AvgIpc) is 2.85. The van der Waals surface area contributed by atoms with E-state index in [1.54, 1.807) is 24.0 Å². The molecule has 18 heavy (non-hydrogen) atoms. The van der Waals surface area contributed by atoms with Crippen molar-refractivity contribution in [1.29, 1.82) is 0 Å². The summed E-state index contributed by atoms with van der Waals surface area (Å²) < 4.78 is 2.45. The van der Waals surface area contributed by atoms with Crippen LogP contribution in [0, 0.1) is 13.8 Å². The van der Waals surface area contributed by atoms with E-state index in [0.717, 1.165) is 15.0 Å². The highest BCUT2D eigenvalue weighted by Gasteiger charge is 2.17. The van der Waals surface area contributed by atoms with E-state index in [1.807, 2.05) is 13.8 Å². The molecule has 0 aliphatic carbocycles. The van der Waals surface area contributed by atoms with E-state index >= 15 is 0 Å². The second kappa shape index (κ2) is 5.19. The highest BCUT2D eigenvalue weighted by molar-refractivity contribution is 9.10. The topological polar surface area (TPSA) is 59.8 Å². The summed E-state index contributed by atoms with van der Waals surface area (Å²) >= 11 is 4.78. The van der Waals surface area contributed by atoms with Gasteiger partial charge in [0.15, 0.2) is 5.13 Å². The number of carbonyl (C=O) groups excluding carboxylic acids is 1. The van der Waals surface area contributed by atoms with E-state index in [-0.39, 0.29) is 11.9 Å². The Labute approximate surface area is 117 Å². The molecular formula is C11H13BrN4OS. The van der Waals surface area contributed by atoms with Crippen LogP contribution in [-0.2, 0) is 4.79 Å². The van der Waals surface area contributed by atoms with Crippen molar-refractivity contribution >= 4 is 38.3 Å². The minimum Gasteiger partial charge on any atom is -0.300 e. The van der Waals surface area contributed by atoms with Gasteiger partial charge in [0, 0.05) is 11.1 Å². The minimum atomic E-state index is -0.374. The molecule has 1 atom stereocenters. The number of amides is 1. The molecule has 0 unspecified atom stereocenters. The van der Waals surface area contributed by atoms with Gasteiger partial charge in [-0.15, -0.1) is 11.3 Å². The van der Waals surface area contributed by atoms with Gasteiger partial charge in [-0.1, -0.05) is 0 Å². The van der Waals surface area contributed by atoms with Crippen molar-refractivity contribution in [3.63, 3.8) is 0 Å². The lowest BCUT2D eigenvalue weighted by atomic mass is 10.3. The lowest BCUT2D eigenvalue weighted by Gasteiger charge is -2.10. The van der Waals surface area contributed by atoms with Crippen LogP contribution >= 0.6 is 27.3 Å². The zero-order valence-electron chi connectivity index (χ0n) is 10.3. The molecule has 0 fully saturated rings. The number of carbonyl (C=O) groups is 1. The molecule has 1 N–H and O–H groups in total. The smallest absolute Gasteiger partial charge is 0.250 e. The Morgan fingerprint density at radius 3 is 2.78 bits per heavy atom. The van der Waals surface area contributed by atoms with Crippen LogP contribution in [0.25, 0.3) is 0 Å². The average molecular weight is 329 g/mol. The normalized spacial score (nSPS) is 12.4. The molecule has 0 bridgehead atoms. The van der Waals surface area contributed by atoms with Gasteiger partial charge in [0.2, 0.25) is 0 Å². The Kier molecular flexibility index (Phi) is 3.82. The van der Waals surface area contributed by atoms with Crippen LogP contribution in [0.2, 0.25) is 0 Å². The fraction of sp³-hybridized carbons (Fsp3) is 0.364. The number of rotatable bonds is 3. The van der Waals surface area contributed by atoms with E-state index in [1.165, 1.54) is 11.3 Å². The molecule has 2 heterocycles. The van der Waals surface area contributed by atoms with E-state index < -0.39 is 0 Å². The summed E-state index contributed by atoms with van der Waals surface area (Å²) in [6.45, 7) is 5.70. The third-order valence-corrected chi connectivity index (χ3v) is 4.00. The monoisotopic (exact) mass is 328 g/mol. The van der Waals surface area contributed by atoms with E-state index in [4.69, 9.17) is 0 Å². The van der Waals surface area contributed by atoms with Crippen LogP contribution in [-0.4, -0.2) is 20.7 Å². The Balaban J connectivity index is 2.08. The maximum atomic E-state index is 12.0. The van der Waals surface area contributed by atoms with Gasteiger partial charge in [-0.3, -0.25) is 9.48 Å². The van der Waals surface area contributed by atoms with Crippen LogP contribution in [0.1, 0.15) is 23.5 Å². The van der Waals surface area contributed by atoms with Crippen LogP contribution < -0.4 is 5.32 Å². The van der Waals surface area contributed by atoms with Crippen molar-refractivity contribution < 1.29 is 4.79 Å². The summed E-state index contributed by atoms with van der Waals surface area (Å²) in [4.78, 5) is 17.4. The summed E-state index contributed by atoms with van der Waals surface area (Å²) in [5.74, 6) is -0.126. The maximum absolute atomic E-state index is 12.0. The van der Waals surface area contributed by atoms with Gasteiger partial charge in [0.05, 0.1) is 16.4 Å². The number of hydrogen-bond acceptors (Lipinski definition) is 4. The Bertz CT molecular complexity index is 558. The molecule has 0 aliphatic heterocycles. The van der Waals surface area contributed by atoms with Crippen LogP contribution in [0.15, 0.2) is 16.9 Å². The van der Waals surface area contributed by atoms with E-state index in [0.29, 0.717) is 5.13 Å². The minimum absolute atomic E-state index is 0.126. The molecule has 0 saturated heterocycles. The number of nitrogens with one attached hydrogen (secondary N) is 1. The van der Waals surface area contributed by atoms with Gasteiger partial charge in [0.25, 0.3) is 5.91 Å². The standard InChI is InChI=1S/C11H13BrN4OS/c1-6-8(3)18-11(14-6)15-10(17)7(2)16-5-9(12)4-13-16/h4-5,7H,1-3H3,(H,14,15,17)/t7-/m0/s1. The van der Waals surface area contributed by atoms with Gasteiger partial charge in [-0.05, 0) is 36.7 Å². The number of aromatic nitrogens is 3. The number of hydrogen-bond donors (Lipinski definition) is 1. The first-order chi connectivity index (χ1) is 8.47. The number of aryl methyl sites for hydroxylation is 2. The highest BCUT2D eigenvalue weighted by atomic mass is 79.9. The summed E-state index contributed by atoms with van der Waals surface area (Å²) in [6.07, 6.45) is 3.42. The molecule has 0 aromatic carbocycles. The lowest BCUT2D eigenvalue weighted by molar-refractivity contribution is -0.119. The second-order valence-corrected chi connectivity index (χ2v) is 6.08. The van der Waals surface area contributed by atoms with Crippen molar-refractivity contribution in [3.05, 3.63) is 27.4 Å². The first-order valence-corrected chi connectivity index (χ1v) is 7.03. The number of thiazole rings is 1. The fourth-order valence-corrected chi connectivity index (χ4v) is 2.50. The van der Waals surface area contributed by atoms with Crippen molar-refractivity contribution in [2.75, 3.05) is 5.32 Å². The maximum Gasteiger partial charge on any atom is 0.250 e. The fourth-order valence-electron chi connectivity index (χ4n) is 1.38. The number of anilines is 1. The van der Waals surface area contributed by atoms with Gasteiger partial charge in [-0.2, -0.15) is 5.10 Å². The van der Waals surface area contributed by atoms with Gasteiger partial charge in [0.1, 0.15) is 6.04 Å². The first kappa shape index (κ1) is 13.2. The third kappa shape index (κ3) is 2.78. The largest absolute Gasteiger partial charge is 0.300 e. The SMILES string of the molecule is Cc1nc(NC(=O)[C@H](C)n2cc(Br)cn2)sc1C. The van der Waals surface area contributed by atoms with Gasteiger partial charge >= 0.3 is 0 Å². The highest BCUT2D eigenvalue weighted by Crippen LogP contribution is 2.22. The van der Waals surface area contributed by atoms with E-state index in [9.17, 15) is 4.79 Å². The molecule has 1 amide bonds. The number of halogens is 1. The quantitative estimate of drug-likeness (QED) is 0.942. The third-order valence-electron chi connectivity index (χ3n) is 2.60. The zero-order chi connectivity index (χ0) is 13.3. The Morgan fingerprint density at radius 2 is 2.28 bits per heavy atom. The molecule has 7 heteroatoms. The lowest BCUT2D eigenvalue weighted by Crippen LogP contribution is -2.23. The second-order valence-electron chi connectivity index (χ2n) is 3.96. The molecule has 2 aromatic rings. The molecule has 2 rings (SSSR count).